The van der Waals surface area contributed by atoms with Crippen molar-refractivity contribution in [1.29, 1.82) is 0 Å². The average Bonchev–Trinajstić information content (AvgIpc) is 2.49. The molecule has 0 aliphatic heterocycles. The van der Waals surface area contributed by atoms with Crippen molar-refractivity contribution in [2.45, 2.75) is 0 Å². The summed E-state index contributed by atoms with van der Waals surface area (Å²) in [5.74, 6) is 0.640. The van der Waals surface area contributed by atoms with Crippen LogP contribution >= 0.6 is 15.9 Å². The Morgan fingerprint density at radius 2 is 1.73 bits per heavy atom. The van der Waals surface area contributed by atoms with Gasteiger partial charge in [-0.3, -0.25) is 0 Å². The lowest BCUT2D eigenvalue weighted by Crippen LogP contribution is -2.01. The van der Waals surface area contributed by atoms with Gasteiger partial charge in [0.25, 0.3) is 0 Å². The zero-order valence-corrected chi connectivity index (χ0v) is 13.0. The van der Waals surface area contributed by atoms with Gasteiger partial charge >= 0.3 is 0 Å². The van der Waals surface area contributed by atoms with Gasteiger partial charge in [-0.15, -0.1) is 0 Å². The number of nitrogen functional groups attached to an aromatic ring is 1. The molecule has 0 aliphatic rings. The highest BCUT2D eigenvalue weighted by atomic mass is 79.9. The first-order chi connectivity index (χ1) is 10.6. The Bertz CT molecular complexity index is 805. The van der Waals surface area contributed by atoms with Gasteiger partial charge in [-0.05, 0) is 36.4 Å². The Labute approximate surface area is 135 Å². The van der Waals surface area contributed by atoms with E-state index in [0.717, 1.165) is 10.2 Å². The second-order valence-electron chi connectivity index (χ2n) is 4.61. The second kappa shape index (κ2) is 6.11. The van der Waals surface area contributed by atoms with Crippen molar-refractivity contribution >= 4 is 33.3 Å². The molecule has 3 N–H and O–H groups in total. The van der Waals surface area contributed by atoms with Crippen LogP contribution < -0.4 is 11.1 Å². The zero-order valence-electron chi connectivity index (χ0n) is 11.4. The molecule has 3 rings (SSSR count). The molecule has 3 aromatic rings. The summed E-state index contributed by atoms with van der Waals surface area (Å²) in [5, 5.41) is 3.13. The van der Waals surface area contributed by atoms with E-state index in [1.54, 1.807) is 24.3 Å². The van der Waals surface area contributed by atoms with Gasteiger partial charge in [0.15, 0.2) is 5.82 Å². The zero-order chi connectivity index (χ0) is 15.5. The third-order valence-corrected chi connectivity index (χ3v) is 3.51. The van der Waals surface area contributed by atoms with Crippen LogP contribution in [0.5, 0.6) is 0 Å². The highest BCUT2D eigenvalue weighted by molar-refractivity contribution is 9.10. The molecular formula is C16H12BrFN4. The molecule has 110 valence electrons. The fourth-order valence-electron chi connectivity index (χ4n) is 1.97. The van der Waals surface area contributed by atoms with E-state index in [9.17, 15) is 4.39 Å². The largest absolute Gasteiger partial charge is 0.384 e. The molecule has 6 heteroatoms. The maximum Gasteiger partial charge on any atom is 0.166 e. The van der Waals surface area contributed by atoms with Crippen LogP contribution in [0.15, 0.2) is 59.1 Å². The first-order valence-corrected chi connectivity index (χ1v) is 7.33. The van der Waals surface area contributed by atoms with Crippen LogP contribution in [0.2, 0.25) is 0 Å². The third kappa shape index (κ3) is 3.23. The van der Waals surface area contributed by atoms with Gasteiger partial charge in [0.1, 0.15) is 17.5 Å². The van der Waals surface area contributed by atoms with Crippen LogP contribution in [-0.2, 0) is 0 Å². The Hall–Kier alpha value is -2.47. The number of nitrogens with zero attached hydrogens (tertiary/aromatic N) is 2. The van der Waals surface area contributed by atoms with Crippen molar-refractivity contribution in [1.82, 2.24) is 9.97 Å². The van der Waals surface area contributed by atoms with Gasteiger partial charge in [-0.2, -0.15) is 0 Å². The minimum atomic E-state index is -0.386. The fraction of sp³-hybridized carbons (Fsp3) is 0. The number of rotatable bonds is 3. The first-order valence-electron chi connectivity index (χ1n) is 6.54. The van der Waals surface area contributed by atoms with Crippen LogP contribution in [0, 0.1) is 5.82 Å². The van der Waals surface area contributed by atoms with Crippen molar-refractivity contribution in [3.05, 3.63) is 64.9 Å². The number of aromatic nitrogens is 2. The lowest BCUT2D eigenvalue weighted by molar-refractivity contribution is 0.630. The maximum absolute atomic E-state index is 13.9. The summed E-state index contributed by atoms with van der Waals surface area (Å²) in [6.07, 6.45) is 0. The third-order valence-electron chi connectivity index (χ3n) is 2.98. The summed E-state index contributed by atoms with van der Waals surface area (Å²) in [5.41, 5.74) is 6.97. The number of nitrogens with two attached hydrogens (primary N) is 1. The first kappa shape index (κ1) is 14.5. The molecule has 0 radical (unpaired) electrons. The quantitative estimate of drug-likeness (QED) is 0.729. The Morgan fingerprint density at radius 1 is 1.00 bits per heavy atom. The molecule has 4 nitrogen and oxygen atoms in total. The minimum Gasteiger partial charge on any atom is -0.384 e. The highest BCUT2D eigenvalue weighted by Crippen LogP contribution is 2.24. The Balaban J connectivity index is 1.96. The summed E-state index contributed by atoms with van der Waals surface area (Å²) in [4.78, 5) is 8.43. The van der Waals surface area contributed by atoms with E-state index in [-0.39, 0.29) is 17.5 Å². The predicted octanol–water partition coefficient (Wildman–Crippen LogP) is 4.37. The normalized spacial score (nSPS) is 10.5. The number of halogens is 2. The van der Waals surface area contributed by atoms with Crippen molar-refractivity contribution in [2.75, 3.05) is 11.1 Å². The predicted molar refractivity (Wildman–Crippen MR) is 89.3 cm³/mol. The standard InChI is InChI=1S/C16H12BrFN4/c17-10-5-7-11(8-6-10)20-15-9-14(19)21-16(22-15)12-3-1-2-4-13(12)18/h1-9H,(H3,19,20,21,22). The minimum absolute atomic E-state index is 0.248. The van der Waals surface area contributed by atoms with E-state index in [1.807, 2.05) is 24.3 Å². The lowest BCUT2D eigenvalue weighted by Gasteiger charge is -2.09. The molecule has 0 atom stereocenters. The van der Waals surface area contributed by atoms with Crippen molar-refractivity contribution < 1.29 is 4.39 Å². The van der Waals surface area contributed by atoms with Crippen LogP contribution in [-0.4, -0.2) is 9.97 Å². The summed E-state index contributed by atoms with van der Waals surface area (Å²) < 4.78 is 14.8. The fourth-order valence-corrected chi connectivity index (χ4v) is 2.24. The van der Waals surface area contributed by atoms with E-state index in [2.05, 4.69) is 31.2 Å². The van der Waals surface area contributed by atoms with Gasteiger partial charge in [0.2, 0.25) is 0 Å². The number of benzene rings is 2. The molecule has 22 heavy (non-hydrogen) atoms. The topological polar surface area (TPSA) is 63.8 Å². The number of hydrogen-bond donors (Lipinski definition) is 2. The average molecular weight is 359 g/mol. The van der Waals surface area contributed by atoms with E-state index in [4.69, 9.17) is 5.73 Å². The van der Waals surface area contributed by atoms with Gasteiger partial charge in [0, 0.05) is 16.2 Å². The van der Waals surface area contributed by atoms with Crippen LogP contribution in [0.3, 0.4) is 0 Å². The molecule has 0 fully saturated rings. The van der Waals surface area contributed by atoms with Crippen LogP contribution in [0.25, 0.3) is 11.4 Å². The van der Waals surface area contributed by atoms with Crippen molar-refractivity contribution in [3.8, 4) is 11.4 Å². The van der Waals surface area contributed by atoms with Gasteiger partial charge in [-0.1, -0.05) is 28.1 Å². The Morgan fingerprint density at radius 3 is 2.45 bits per heavy atom. The maximum atomic E-state index is 13.9. The van der Waals surface area contributed by atoms with Crippen molar-refractivity contribution in [2.24, 2.45) is 0 Å². The molecule has 0 bridgehead atoms. The second-order valence-corrected chi connectivity index (χ2v) is 5.53. The van der Waals surface area contributed by atoms with Crippen LogP contribution in [0.1, 0.15) is 0 Å². The van der Waals surface area contributed by atoms with E-state index in [0.29, 0.717) is 11.4 Å². The smallest absolute Gasteiger partial charge is 0.166 e. The Kier molecular flexibility index (Phi) is 4.02. The molecule has 0 saturated carbocycles. The molecule has 0 aliphatic carbocycles. The monoisotopic (exact) mass is 358 g/mol. The van der Waals surface area contributed by atoms with Gasteiger partial charge < -0.3 is 11.1 Å². The van der Waals surface area contributed by atoms with E-state index >= 15 is 0 Å². The lowest BCUT2D eigenvalue weighted by atomic mass is 10.2. The molecule has 1 aromatic heterocycles. The number of hydrogen-bond acceptors (Lipinski definition) is 4. The molecule has 0 spiro atoms. The summed E-state index contributed by atoms with van der Waals surface area (Å²) >= 11 is 3.38. The SMILES string of the molecule is Nc1cc(Nc2ccc(Br)cc2)nc(-c2ccccc2F)n1. The molecule has 0 unspecified atom stereocenters. The van der Waals surface area contributed by atoms with Gasteiger partial charge in [-0.25, -0.2) is 14.4 Å². The van der Waals surface area contributed by atoms with E-state index in [1.165, 1.54) is 6.07 Å². The summed E-state index contributed by atoms with van der Waals surface area (Å²) in [7, 11) is 0. The van der Waals surface area contributed by atoms with Gasteiger partial charge in [0.05, 0.1) is 5.56 Å². The van der Waals surface area contributed by atoms with Crippen LogP contribution in [0.4, 0.5) is 21.7 Å². The van der Waals surface area contributed by atoms with Crippen molar-refractivity contribution in [3.63, 3.8) is 0 Å². The highest BCUT2D eigenvalue weighted by Gasteiger charge is 2.10. The molecule has 0 saturated heterocycles. The summed E-state index contributed by atoms with van der Waals surface area (Å²) in [6, 6.07) is 15.5. The van der Waals surface area contributed by atoms with E-state index < -0.39 is 0 Å². The number of anilines is 3. The molecule has 2 aromatic carbocycles. The molecule has 0 amide bonds. The summed E-state index contributed by atoms with van der Waals surface area (Å²) in [6.45, 7) is 0. The number of nitrogens with one attached hydrogen (secondary N) is 1. The molecular weight excluding hydrogens is 347 g/mol. The molecule has 1 heterocycles.